The average molecular weight is 381 g/mol. The van der Waals surface area contributed by atoms with Gasteiger partial charge in [0.2, 0.25) is 0 Å². The fourth-order valence-electron chi connectivity index (χ4n) is 3.77. The molecule has 1 unspecified atom stereocenters. The van der Waals surface area contributed by atoms with E-state index in [0.29, 0.717) is 12.8 Å². The molecule has 2 heterocycles. The highest BCUT2D eigenvalue weighted by atomic mass is 32.2. The van der Waals surface area contributed by atoms with Crippen molar-refractivity contribution in [3.8, 4) is 0 Å². The molecule has 2 saturated heterocycles. The number of nitrogens with zero attached hydrogens (tertiary/aromatic N) is 2. The van der Waals surface area contributed by atoms with Crippen LogP contribution >= 0.6 is 0 Å². The van der Waals surface area contributed by atoms with Gasteiger partial charge in [0.15, 0.2) is 0 Å². The third-order valence-corrected chi connectivity index (χ3v) is 6.89. The fraction of sp³-hybridized carbons (Fsp3) is 0.611. The Morgan fingerprint density at radius 2 is 1.77 bits per heavy atom. The van der Waals surface area contributed by atoms with Crippen LogP contribution < -0.4 is 4.72 Å². The van der Waals surface area contributed by atoms with Crippen molar-refractivity contribution in [2.45, 2.75) is 50.7 Å². The van der Waals surface area contributed by atoms with Crippen molar-refractivity contribution in [2.24, 2.45) is 0 Å². The molecule has 1 atom stereocenters. The van der Waals surface area contributed by atoms with E-state index in [-0.39, 0.29) is 12.6 Å². The van der Waals surface area contributed by atoms with Gasteiger partial charge in [-0.1, -0.05) is 30.3 Å². The maximum atomic E-state index is 12.7. The lowest BCUT2D eigenvalue weighted by molar-refractivity contribution is -0.142. The maximum Gasteiger partial charge on any atom is 0.322 e. The molecule has 0 bridgehead atoms. The number of aliphatic carboxylic acids is 1. The van der Waals surface area contributed by atoms with Crippen LogP contribution in [0.4, 0.5) is 0 Å². The van der Waals surface area contributed by atoms with Crippen LogP contribution in [0.15, 0.2) is 30.3 Å². The summed E-state index contributed by atoms with van der Waals surface area (Å²) in [6.45, 7) is 2.79. The summed E-state index contributed by atoms with van der Waals surface area (Å²) in [5.41, 5.74) is 1.25. The quantitative estimate of drug-likeness (QED) is 0.778. The first kappa shape index (κ1) is 19.3. The summed E-state index contributed by atoms with van der Waals surface area (Å²) < 4.78 is 29.2. The first-order chi connectivity index (χ1) is 12.5. The first-order valence-corrected chi connectivity index (χ1v) is 10.7. The standard InChI is InChI=1S/C18H27N3O4S/c22-18(23)17-8-4-5-11-21(17)26(24,25)19-16-9-12-20(13-10-16)14-15-6-2-1-3-7-15/h1-3,6-7,16-17,19H,4-5,8-14H2,(H,22,23). The molecule has 26 heavy (non-hydrogen) atoms. The summed E-state index contributed by atoms with van der Waals surface area (Å²) in [5.74, 6) is -1.06. The molecule has 2 N–H and O–H groups in total. The molecule has 3 rings (SSSR count). The van der Waals surface area contributed by atoms with E-state index in [0.717, 1.165) is 43.2 Å². The van der Waals surface area contributed by atoms with E-state index in [1.807, 2.05) is 18.2 Å². The number of carbonyl (C=O) groups is 1. The molecule has 0 spiro atoms. The highest BCUT2D eigenvalue weighted by Gasteiger charge is 2.38. The molecule has 0 amide bonds. The van der Waals surface area contributed by atoms with Crippen molar-refractivity contribution in [2.75, 3.05) is 19.6 Å². The highest BCUT2D eigenvalue weighted by molar-refractivity contribution is 7.87. The van der Waals surface area contributed by atoms with Crippen LogP contribution in [0.1, 0.15) is 37.7 Å². The lowest BCUT2D eigenvalue weighted by Gasteiger charge is -2.36. The smallest absolute Gasteiger partial charge is 0.322 e. The average Bonchev–Trinajstić information content (AvgIpc) is 2.64. The van der Waals surface area contributed by atoms with Crippen LogP contribution in [0.2, 0.25) is 0 Å². The number of rotatable bonds is 6. The molecular formula is C18H27N3O4S. The van der Waals surface area contributed by atoms with Crippen molar-refractivity contribution in [1.29, 1.82) is 0 Å². The lowest BCUT2D eigenvalue weighted by atomic mass is 10.1. The number of carboxylic acids is 1. The van der Waals surface area contributed by atoms with Crippen LogP contribution in [0.5, 0.6) is 0 Å². The van der Waals surface area contributed by atoms with Crippen molar-refractivity contribution in [3.05, 3.63) is 35.9 Å². The molecule has 1 aromatic rings. The molecule has 0 aliphatic carbocycles. The van der Waals surface area contributed by atoms with Crippen LogP contribution in [-0.4, -0.2) is 60.4 Å². The minimum atomic E-state index is -3.77. The molecule has 0 saturated carbocycles. The Labute approximate surface area is 155 Å². The van der Waals surface area contributed by atoms with E-state index in [9.17, 15) is 18.3 Å². The van der Waals surface area contributed by atoms with Gasteiger partial charge in [-0.15, -0.1) is 0 Å². The van der Waals surface area contributed by atoms with E-state index < -0.39 is 22.2 Å². The zero-order valence-corrected chi connectivity index (χ0v) is 15.7. The SMILES string of the molecule is O=C(O)C1CCCCN1S(=O)(=O)NC1CCN(Cc2ccccc2)CC1. The summed E-state index contributed by atoms with van der Waals surface area (Å²) in [6, 6.07) is 9.15. The molecule has 0 radical (unpaired) electrons. The number of piperidine rings is 2. The predicted octanol–water partition coefficient (Wildman–Crippen LogP) is 1.42. The van der Waals surface area contributed by atoms with E-state index >= 15 is 0 Å². The van der Waals surface area contributed by atoms with Gasteiger partial charge in [0.25, 0.3) is 10.2 Å². The molecule has 7 nitrogen and oxygen atoms in total. The molecular weight excluding hydrogens is 354 g/mol. The van der Waals surface area contributed by atoms with E-state index in [4.69, 9.17) is 0 Å². The Hall–Kier alpha value is -1.48. The van der Waals surface area contributed by atoms with Gasteiger partial charge in [0.05, 0.1) is 0 Å². The Morgan fingerprint density at radius 3 is 2.42 bits per heavy atom. The number of hydrogen-bond acceptors (Lipinski definition) is 4. The van der Waals surface area contributed by atoms with Gasteiger partial charge >= 0.3 is 5.97 Å². The fourth-order valence-corrected chi connectivity index (χ4v) is 5.46. The van der Waals surface area contributed by atoms with E-state index in [2.05, 4.69) is 21.8 Å². The summed E-state index contributed by atoms with van der Waals surface area (Å²) in [6.07, 6.45) is 3.31. The Bertz CT molecular complexity index is 702. The molecule has 0 aromatic heterocycles. The lowest BCUT2D eigenvalue weighted by Crippen LogP contribution is -2.55. The number of benzene rings is 1. The Morgan fingerprint density at radius 1 is 1.08 bits per heavy atom. The number of likely N-dealkylation sites (tertiary alicyclic amines) is 1. The molecule has 1 aromatic carbocycles. The normalized spacial score (nSPS) is 23.8. The molecule has 2 aliphatic rings. The zero-order valence-electron chi connectivity index (χ0n) is 14.9. The van der Waals surface area contributed by atoms with Crippen molar-refractivity contribution in [3.63, 3.8) is 0 Å². The van der Waals surface area contributed by atoms with Gasteiger partial charge in [-0.2, -0.15) is 17.4 Å². The second-order valence-corrected chi connectivity index (χ2v) is 8.77. The third kappa shape index (κ3) is 4.82. The van der Waals surface area contributed by atoms with E-state index in [1.54, 1.807) is 0 Å². The van der Waals surface area contributed by atoms with Crippen LogP contribution in [-0.2, 0) is 21.5 Å². The largest absolute Gasteiger partial charge is 0.480 e. The topological polar surface area (TPSA) is 90.0 Å². The summed E-state index contributed by atoms with van der Waals surface area (Å²) in [5, 5.41) is 9.31. The molecule has 2 fully saturated rings. The first-order valence-electron chi connectivity index (χ1n) is 9.24. The van der Waals surface area contributed by atoms with Gasteiger partial charge in [0.1, 0.15) is 6.04 Å². The van der Waals surface area contributed by atoms with E-state index in [1.165, 1.54) is 5.56 Å². The predicted molar refractivity (Wildman–Crippen MR) is 98.8 cm³/mol. The number of carboxylic acid groups (broad SMARTS) is 1. The van der Waals surface area contributed by atoms with Gasteiger partial charge < -0.3 is 5.11 Å². The van der Waals surface area contributed by atoms with Gasteiger partial charge in [-0.25, -0.2) is 0 Å². The Kier molecular flexibility index (Phi) is 6.29. The summed E-state index contributed by atoms with van der Waals surface area (Å²) in [4.78, 5) is 13.7. The van der Waals surface area contributed by atoms with Crippen molar-refractivity contribution in [1.82, 2.24) is 13.9 Å². The van der Waals surface area contributed by atoms with Gasteiger partial charge in [0, 0.05) is 32.2 Å². The van der Waals surface area contributed by atoms with Crippen LogP contribution in [0.25, 0.3) is 0 Å². The number of hydrogen-bond donors (Lipinski definition) is 2. The molecule has 2 aliphatic heterocycles. The summed E-state index contributed by atoms with van der Waals surface area (Å²) in [7, 11) is -3.77. The zero-order chi connectivity index (χ0) is 18.6. The summed E-state index contributed by atoms with van der Waals surface area (Å²) >= 11 is 0. The van der Waals surface area contributed by atoms with Gasteiger partial charge in [-0.05, 0) is 37.7 Å². The second-order valence-electron chi connectivity index (χ2n) is 7.12. The molecule has 8 heteroatoms. The van der Waals surface area contributed by atoms with Crippen LogP contribution in [0.3, 0.4) is 0 Å². The van der Waals surface area contributed by atoms with Crippen molar-refractivity contribution >= 4 is 16.2 Å². The highest BCUT2D eigenvalue weighted by Crippen LogP contribution is 2.22. The third-order valence-electron chi connectivity index (χ3n) is 5.20. The minimum absolute atomic E-state index is 0.136. The maximum absolute atomic E-state index is 12.7. The minimum Gasteiger partial charge on any atom is -0.480 e. The Balaban J connectivity index is 1.54. The van der Waals surface area contributed by atoms with Crippen LogP contribution in [0, 0.1) is 0 Å². The van der Waals surface area contributed by atoms with Gasteiger partial charge in [-0.3, -0.25) is 9.69 Å². The number of nitrogens with one attached hydrogen (secondary N) is 1. The second kappa shape index (κ2) is 8.47. The molecule has 144 valence electrons. The monoisotopic (exact) mass is 381 g/mol. The van der Waals surface area contributed by atoms with Crippen molar-refractivity contribution < 1.29 is 18.3 Å².